The zero-order valence-electron chi connectivity index (χ0n) is 7.98. The lowest BCUT2D eigenvalue weighted by molar-refractivity contribution is -0.808. The van der Waals surface area contributed by atoms with E-state index >= 15 is 0 Å². The van der Waals surface area contributed by atoms with E-state index in [1.165, 1.54) is 5.56 Å². The molecule has 0 aliphatic carbocycles. The Bertz CT molecular complexity index is 287. The first-order chi connectivity index (χ1) is 6.68. The van der Waals surface area contributed by atoms with Gasteiger partial charge in [-0.3, -0.25) is 5.32 Å². The molecule has 0 aliphatic rings. The fraction of sp³-hybridized carbons (Fsp3) is 0.300. The highest BCUT2D eigenvalue weighted by atomic mass is 16.4. The van der Waals surface area contributed by atoms with Crippen LogP contribution < -0.4 is 16.2 Å². The lowest BCUT2D eigenvalue weighted by atomic mass is 10.1. The maximum Gasteiger partial charge on any atom is 0.213 e. The molecular weight excluding hydrogens is 180 g/mol. The van der Waals surface area contributed by atoms with Crippen molar-refractivity contribution in [3.05, 3.63) is 35.9 Å². The standard InChI is InChI=1S/C10H14N2O2/c11-9(12-7-10(13)14)6-8-4-2-1-3-5-8/h1-5,9,12H,6-7,11H2,(H,13,14)/p+1/t9-/m1/s1. The molecule has 0 heterocycles. The average molecular weight is 195 g/mol. The van der Waals surface area contributed by atoms with Crippen LogP contribution in [0.1, 0.15) is 5.56 Å². The number of carboxylic acid groups (broad SMARTS) is 1. The molecule has 4 heteroatoms. The highest BCUT2D eigenvalue weighted by Gasteiger charge is 2.08. The minimum absolute atomic E-state index is 0.0234. The summed E-state index contributed by atoms with van der Waals surface area (Å²) >= 11 is 0. The van der Waals surface area contributed by atoms with Crippen LogP contribution in [0.2, 0.25) is 0 Å². The third-order valence-corrected chi connectivity index (χ3v) is 1.96. The number of carbonyl (C=O) groups is 1. The van der Waals surface area contributed by atoms with Crippen molar-refractivity contribution in [1.82, 2.24) is 0 Å². The number of rotatable bonds is 5. The Morgan fingerprint density at radius 3 is 2.64 bits per heavy atom. The van der Waals surface area contributed by atoms with E-state index in [0.29, 0.717) is 0 Å². The van der Waals surface area contributed by atoms with Gasteiger partial charge in [-0.25, -0.2) is 0 Å². The van der Waals surface area contributed by atoms with Crippen LogP contribution in [0.5, 0.6) is 0 Å². The third-order valence-electron chi connectivity index (χ3n) is 1.96. The lowest BCUT2D eigenvalue weighted by Crippen LogP contribution is -3.03. The maximum atomic E-state index is 10.2. The third kappa shape index (κ3) is 4.02. The quantitative estimate of drug-likeness (QED) is 0.494. The van der Waals surface area contributed by atoms with Gasteiger partial charge >= 0.3 is 0 Å². The number of carbonyl (C=O) groups excluding carboxylic acids is 1. The first-order valence-corrected chi connectivity index (χ1v) is 4.58. The number of benzene rings is 1. The largest absolute Gasteiger partial charge is 0.544 e. The molecular formula is C10H15N2O2+. The molecule has 4 nitrogen and oxygen atoms in total. The van der Waals surface area contributed by atoms with Crippen molar-refractivity contribution in [3.63, 3.8) is 0 Å². The van der Waals surface area contributed by atoms with Crippen molar-refractivity contribution >= 4 is 5.97 Å². The number of carboxylic acids is 1. The van der Waals surface area contributed by atoms with Crippen molar-refractivity contribution in [1.29, 1.82) is 0 Å². The van der Waals surface area contributed by atoms with Crippen LogP contribution in [-0.2, 0) is 11.2 Å². The molecule has 0 aromatic heterocycles. The second-order valence-corrected chi connectivity index (χ2v) is 3.26. The summed E-state index contributed by atoms with van der Waals surface area (Å²) in [6.07, 6.45) is 0.795. The summed E-state index contributed by atoms with van der Waals surface area (Å²) in [7, 11) is 0. The minimum Gasteiger partial charge on any atom is -0.544 e. The lowest BCUT2D eigenvalue weighted by Gasteiger charge is -2.08. The second-order valence-electron chi connectivity index (χ2n) is 3.26. The van der Waals surface area contributed by atoms with Gasteiger partial charge in [0.05, 0.1) is 12.4 Å². The van der Waals surface area contributed by atoms with Crippen molar-refractivity contribution in [3.8, 4) is 0 Å². The molecule has 5 N–H and O–H groups in total. The summed E-state index contributed by atoms with van der Waals surface area (Å²) in [6.45, 7) is -0.0268. The Labute approximate surface area is 82.7 Å². The first kappa shape index (κ1) is 10.7. The van der Waals surface area contributed by atoms with E-state index < -0.39 is 5.97 Å². The first-order valence-electron chi connectivity index (χ1n) is 4.58. The van der Waals surface area contributed by atoms with E-state index in [0.717, 1.165) is 6.42 Å². The number of hydrogen-bond donors (Lipinski definition) is 2. The molecule has 0 aliphatic heterocycles. The SMILES string of the molecule is [NH3+][C@@H](Cc1ccccc1)[NH2+]CC(=O)[O-]. The summed E-state index contributed by atoms with van der Waals surface area (Å²) in [6, 6.07) is 9.88. The number of nitrogens with two attached hydrogens (primary N) is 1. The van der Waals surface area contributed by atoms with E-state index in [-0.39, 0.29) is 12.7 Å². The van der Waals surface area contributed by atoms with Crippen LogP contribution in [0.4, 0.5) is 0 Å². The van der Waals surface area contributed by atoms with Crippen LogP contribution in [0.15, 0.2) is 30.3 Å². The Balaban J connectivity index is 2.34. The fourth-order valence-corrected chi connectivity index (χ4v) is 1.26. The molecule has 1 aromatic rings. The molecule has 1 rings (SSSR count). The molecule has 0 fully saturated rings. The Kier molecular flexibility index (Phi) is 4.10. The number of aliphatic carboxylic acids is 1. The van der Waals surface area contributed by atoms with Crippen molar-refractivity contribution in [2.45, 2.75) is 12.6 Å². The monoisotopic (exact) mass is 195 g/mol. The predicted octanol–water partition coefficient (Wildman–Crippen LogP) is -2.89. The molecule has 1 atom stereocenters. The Hall–Kier alpha value is -1.39. The van der Waals surface area contributed by atoms with Gasteiger partial charge < -0.3 is 15.6 Å². The molecule has 1 aromatic carbocycles. The summed E-state index contributed by atoms with van der Waals surface area (Å²) in [5.41, 5.74) is 5.03. The van der Waals surface area contributed by atoms with Gasteiger partial charge in [0.25, 0.3) is 0 Å². The van der Waals surface area contributed by atoms with Gasteiger partial charge in [-0.1, -0.05) is 30.3 Å². The van der Waals surface area contributed by atoms with Gasteiger partial charge in [-0.2, -0.15) is 0 Å². The van der Waals surface area contributed by atoms with Gasteiger partial charge in [0.15, 0.2) is 0 Å². The molecule has 0 spiro atoms. The van der Waals surface area contributed by atoms with Crippen LogP contribution in [0, 0.1) is 0 Å². The Morgan fingerprint density at radius 1 is 1.43 bits per heavy atom. The van der Waals surface area contributed by atoms with Crippen LogP contribution in [-0.4, -0.2) is 18.7 Å². The molecule has 14 heavy (non-hydrogen) atoms. The number of hydrogen-bond acceptors (Lipinski definition) is 2. The normalized spacial score (nSPS) is 12.4. The molecule has 0 bridgehead atoms. The molecule has 0 saturated carbocycles. The highest BCUT2D eigenvalue weighted by molar-refractivity contribution is 5.64. The van der Waals surface area contributed by atoms with E-state index in [2.05, 4.69) is 5.73 Å². The second kappa shape index (κ2) is 5.36. The average Bonchev–Trinajstić information content (AvgIpc) is 2.16. The smallest absolute Gasteiger partial charge is 0.213 e. The maximum absolute atomic E-state index is 10.2. The number of quaternary nitrogens is 2. The van der Waals surface area contributed by atoms with Crippen LogP contribution >= 0.6 is 0 Å². The molecule has 0 radical (unpaired) electrons. The van der Waals surface area contributed by atoms with E-state index in [4.69, 9.17) is 0 Å². The van der Waals surface area contributed by atoms with Crippen LogP contribution in [0.25, 0.3) is 0 Å². The van der Waals surface area contributed by atoms with Crippen LogP contribution in [0.3, 0.4) is 0 Å². The summed E-state index contributed by atoms with van der Waals surface area (Å²) in [4.78, 5) is 10.2. The van der Waals surface area contributed by atoms with Gasteiger partial charge in [-0.15, -0.1) is 0 Å². The molecule has 0 unspecified atom stereocenters. The van der Waals surface area contributed by atoms with E-state index in [1.807, 2.05) is 30.3 Å². The summed E-state index contributed by atoms with van der Waals surface area (Å²) < 4.78 is 0. The van der Waals surface area contributed by atoms with Crippen molar-refractivity contribution in [2.24, 2.45) is 0 Å². The Morgan fingerprint density at radius 2 is 2.07 bits per heavy atom. The predicted molar refractivity (Wildman–Crippen MR) is 48.6 cm³/mol. The minimum atomic E-state index is -1.05. The fourth-order valence-electron chi connectivity index (χ4n) is 1.26. The molecule has 0 amide bonds. The van der Waals surface area contributed by atoms with Gasteiger partial charge in [0.1, 0.15) is 6.54 Å². The topological polar surface area (TPSA) is 84.4 Å². The summed E-state index contributed by atoms with van der Waals surface area (Å²) in [5, 5.41) is 11.9. The van der Waals surface area contributed by atoms with Crippen molar-refractivity contribution < 1.29 is 21.0 Å². The highest BCUT2D eigenvalue weighted by Crippen LogP contribution is 1.97. The van der Waals surface area contributed by atoms with Crippen molar-refractivity contribution in [2.75, 3.05) is 6.54 Å². The molecule has 76 valence electrons. The van der Waals surface area contributed by atoms with Gasteiger partial charge in [0, 0.05) is 0 Å². The zero-order valence-corrected chi connectivity index (χ0v) is 7.98. The zero-order chi connectivity index (χ0) is 10.4. The molecule has 0 saturated heterocycles. The van der Waals surface area contributed by atoms with E-state index in [9.17, 15) is 9.90 Å². The van der Waals surface area contributed by atoms with Gasteiger partial charge in [0.2, 0.25) is 6.17 Å². The van der Waals surface area contributed by atoms with E-state index in [1.54, 1.807) is 5.32 Å². The van der Waals surface area contributed by atoms with Gasteiger partial charge in [-0.05, 0) is 5.56 Å². The summed E-state index contributed by atoms with van der Waals surface area (Å²) in [5.74, 6) is -1.05.